The van der Waals surface area contributed by atoms with Gasteiger partial charge in [0.15, 0.2) is 0 Å². The highest BCUT2D eigenvalue weighted by atomic mass is 16.2. The number of nitrogens with zero attached hydrogens (tertiary/aromatic N) is 2. The molecule has 2 atom stereocenters. The van der Waals surface area contributed by atoms with Crippen molar-refractivity contribution in [1.82, 2.24) is 15.5 Å². The van der Waals surface area contributed by atoms with Crippen LogP contribution in [0, 0.1) is 11.3 Å². The van der Waals surface area contributed by atoms with E-state index in [1.807, 2.05) is 13.0 Å². The second kappa shape index (κ2) is 6.94. The Morgan fingerprint density at radius 2 is 2.32 bits per heavy atom. The van der Waals surface area contributed by atoms with Crippen LogP contribution in [0.4, 0.5) is 4.79 Å². The molecule has 1 saturated heterocycles. The third-order valence-corrected chi connectivity index (χ3v) is 3.84. The summed E-state index contributed by atoms with van der Waals surface area (Å²) in [6.45, 7) is 4.71. The van der Waals surface area contributed by atoms with Gasteiger partial charge in [-0.3, -0.25) is 4.79 Å². The minimum absolute atomic E-state index is 0.133. The van der Waals surface area contributed by atoms with Gasteiger partial charge in [-0.15, -0.1) is 0 Å². The smallest absolute Gasteiger partial charge is 0.318 e. The Balaban J connectivity index is 2.06. The topological polar surface area (TPSA) is 85.2 Å². The van der Waals surface area contributed by atoms with Gasteiger partial charge in [0.2, 0.25) is 5.91 Å². The SMILES string of the molecule is C[C@H](NC(=O)N1CCCNC(=O)[C@@H]1C)c1cccc(C#N)c1. The Hall–Kier alpha value is -2.55. The zero-order chi connectivity index (χ0) is 16.1. The van der Waals surface area contributed by atoms with E-state index in [-0.39, 0.29) is 18.0 Å². The molecule has 0 spiro atoms. The van der Waals surface area contributed by atoms with Crippen LogP contribution in [-0.2, 0) is 4.79 Å². The molecule has 3 amide bonds. The van der Waals surface area contributed by atoms with Gasteiger partial charge in [-0.25, -0.2) is 4.79 Å². The number of nitriles is 1. The average Bonchev–Trinajstić information content (AvgIpc) is 2.69. The summed E-state index contributed by atoms with van der Waals surface area (Å²) in [5.74, 6) is -0.133. The molecule has 0 aliphatic carbocycles. The molecule has 1 heterocycles. The minimum Gasteiger partial charge on any atom is -0.354 e. The molecule has 1 aliphatic rings. The van der Waals surface area contributed by atoms with E-state index in [9.17, 15) is 9.59 Å². The third-order valence-electron chi connectivity index (χ3n) is 3.84. The molecular weight excluding hydrogens is 280 g/mol. The predicted octanol–water partition coefficient (Wildman–Crippen LogP) is 1.54. The van der Waals surface area contributed by atoms with E-state index < -0.39 is 6.04 Å². The maximum Gasteiger partial charge on any atom is 0.318 e. The van der Waals surface area contributed by atoms with Gasteiger partial charge in [-0.2, -0.15) is 5.26 Å². The molecule has 1 aromatic rings. The van der Waals surface area contributed by atoms with E-state index in [2.05, 4.69) is 16.7 Å². The highest BCUT2D eigenvalue weighted by molar-refractivity contribution is 5.87. The number of benzene rings is 1. The van der Waals surface area contributed by atoms with Gasteiger partial charge in [0.25, 0.3) is 0 Å². The van der Waals surface area contributed by atoms with Gasteiger partial charge in [0.05, 0.1) is 17.7 Å². The molecule has 116 valence electrons. The van der Waals surface area contributed by atoms with Crippen molar-refractivity contribution in [3.63, 3.8) is 0 Å². The van der Waals surface area contributed by atoms with Crippen molar-refractivity contribution >= 4 is 11.9 Å². The standard InChI is InChI=1S/C16H20N4O2/c1-11(14-6-3-5-13(9-14)10-17)19-16(22)20-8-4-7-18-15(21)12(20)2/h3,5-6,9,11-12H,4,7-8H2,1-2H3,(H,18,21)(H,19,22)/t11-,12-/m0/s1. The van der Waals surface area contributed by atoms with Gasteiger partial charge < -0.3 is 15.5 Å². The van der Waals surface area contributed by atoms with Gasteiger partial charge in [-0.1, -0.05) is 12.1 Å². The summed E-state index contributed by atoms with van der Waals surface area (Å²) in [5.41, 5.74) is 1.42. The first-order valence-corrected chi connectivity index (χ1v) is 7.38. The number of hydrogen-bond acceptors (Lipinski definition) is 3. The number of carbonyl (C=O) groups is 2. The molecule has 2 N–H and O–H groups in total. The number of urea groups is 1. The zero-order valence-electron chi connectivity index (χ0n) is 12.8. The first-order chi connectivity index (χ1) is 10.5. The first-order valence-electron chi connectivity index (χ1n) is 7.38. The fourth-order valence-corrected chi connectivity index (χ4v) is 2.45. The van der Waals surface area contributed by atoms with Crippen molar-refractivity contribution in [1.29, 1.82) is 5.26 Å². The molecule has 1 aliphatic heterocycles. The molecule has 0 unspecified atom stereocenters. The van der Waals surface area contributed by atoms with Crippen LogP contribution in [-0.4, -0.2) is 36.0 Å². The molecule has 22 heavy (non-hydrogen) atoms. The van der Waals surface area contributed by atoms with Crippen molar-refractivity contribution < 1.29 is 9.59 Å². The summed E-state index contributed by atoms with van der Waals surface area (Å²) in [7, 11) is 0. The summed E-state index contributed by atoms with van der Waals surface area (Å²) in [5, 5.41) is 14.6. The molecule has 6 nitrogen and oxygen atoms in total. The minimum atomic E-state index is -0.486. The summed E-state index contributed by atoms with van der Waals surface area (Å²) >= 11 is 0. The normalized spacial score (nSPS) is 19.6. The Morgan fingerprint density at radius 1 is 1.55 bits per heavy atom. The second-order valence-electron chi connectivity index (χ2n) is 5.42. The first kappa shape index (κ1) is 15.8. The maximum absolute atomic E-state index is 12.4. The molecule has 0 radical (unpaired) electrons. The largest absolute Gasteiger partial charge is 0.354 e. The Bertz CT molecular complexity index is 608. The highest BCUT2D eigenvalue weighted by Gasteiger charge is 2.28. The summed E-state index contributed by atoms with van der Waals surface area (Å²) in [4.78, 5) is 25.8. The third kappa shape index (κ3) is 3.55. The monoisotopic (exact) mass is 300 g/mol. The van der Waals surface area contributed by atoms with E-state index in [1.165, 1.54) is 0 Å². The fourth-order valence-electron chi connectivity index (χ4n) is 2.45. The van der Waals surface area contributed by atoms with Crippen LogP contribution in [0.15, 0.2) is 24.3 Å². The number of hydrogen-bond donors (Lipinski definition) is 2. The number of carbonyl (C=O) groups excluding carboxylic acids is 2. The van der Waals surface area contributed by atoms with E-state index in [0.29, 0.717) is 18.7 Å². The lowest BCUT2D eigenvalue weighted by Gasteiger charge is -2.27. The molecule has 2 rings (SSSR count). The molecule has 0 saturated carbocycles. The second-order valence-corrected chi connectivity index (χ2v) is 5.42. The van der Waals surface area contributed by atoms with Crippen LogP contribution >= 0.6 is 0 Å². The zero-order valence-corrected chi connectivity index (χ0v) is 12.8. The summed E-state index contributed by atoms with van der Waals surface area (Å²) in [6, 6.07) is 8.23. The van der Waals surface area contributed by atoms with E-state index in [4.69, 9.17) is 5.26 Å². The van der Waals surface area contributed by atoms with Crippen LogP contribution < -0.4 is 10.6 Å². The van der Waals surface area contributed by atoms with E-state index in [1.54, 1.807) is 30.0 Å². The lowest BCUT2D eigenvalue weighted by atomic mass is 10.1. The summed E-state index contributed by atoms with van der Waals surface area (Å²) < 4.78 is 0. The van der Waals surface area contributed by atoms with Crippen molar-refractivity contribution in [2.24, 2.45) is 0 Å². The van der Waals surface area contributed by atoms with Crippen LogP contribution in [0.25, 0.3) is 0 Å². The fraction of sp³-hybridized carbons (Fsp3) is 0.438. The van der Waals surface area contributed by atoms with Crippen LogP contribution in [0.1, 0.15) is 37.4 Å². The Kier molecular flexibility index (Phi) is 4.99. The van der Waals surface area contributed by atoms with Crippen LogP contribution in [0.3, 0.4) is 0 Å². The maximum atomic E-state index is 12.4. The van der Waals surface area contributed by atoms with Crippen molar-refractivity contribution in [2.45, 2.75) is 32.4 Å². The molecule has 6 heteroatoms. The molecular formula is C16H20N4O2. The molecule has 0 aromatic heterocycles. The van der Waals surface area contributed by atoms with Crippen molar-refractivity contribution in [2.75, 3.05) is 13.1 Å². The Labute approximate surface area is 130 Å². The lowest BCUT2D eigenvalue weighted by molar-refractivity contribution is -0.124. The number of nitrogens with one attached hydrogen (secondary N) is 2. The Morgan fingerprint density at radius 3 is 3.05 bits per heavy atom. The van der Waals surface area contributed by atoms with Crippen molar-refractivity contribution in [3.8, 4) is 6.07 Å². The quantitative estimate of drug-likeness (QED) is 0.868. The number of amides is 3. The van der Waals surface area contributed by atoms with Crippen LogP contribution in [0.2, 0.25) is 0 Å². The number of rotatable bonds is 2. The van der Waals surface area contributed by atoms with Crippen molar-refractivity contribution in [3.05, 3.63) is 35.4 Å². The lowest BCUT2D eigenvalue weighted by Crippen LogP contribution is -2.49. The molecule has 1 fully saturated rings. The van der Waals surface area contributed by atoms with E-state index in [0.717, 1.165) is 12.0 Å². The van der Waals surface area contributed by atoms with Gasteiger partial charge in [0.1, 0.15) is 6.04 Å². The predicted molar refractivity (Wildman–Crippen MR) is 81.9 cm³/mol. The van der Waals surface area contributed by atoms with E-state index >= 15 is 0 Å². The summed E-state index contributed by atoms with van der Waals surface area (Å²) in [6.07, 6.45) is 0.738. The average molecular weight is 300 g/mol. The molecule has 0 bridgehead atoms. The highest BCUT2D eigenvalue weighted by Crippen LogP contribution is 2.15. The van der Waals surface area contributed by atoms with Crippen LogP contribution in [0.5, 0.6) is 0 Å². The molecule has 1 aromatic carbocycles. The van der Waals surface area contributed by atoms with Gasteiger partial charge in [-0.05, 0) is 38.0 Å². The van der Waals surface area contributed by atoms with Gasteiger partial charge >= 0.3 is 6.03 Å². The van der Waals surface area contributed by atoms with Gasteiger partial charge in [0, 0.05) is 13.1 Å².